The van der Waals surface area contributed by atoms with Gasteiger partial charge in [-0.15, -0.1) is 0 Å². The maximum atomic E-state index is 11.7. The van der Waals surface area contributed by atoms with Gasteiger partial charge in [-0.1, -0.05) is 0 Å². The third-order valence-corrected chi connectivity index (χ3v) is 2.28. The lowest BCUT2D eigenvalue weighted by atomic mass is 10.2. The van der Waals surface area contributed by atoms with Crippen molar-refractivity contribution in [3.63, 3.8) is 0 Å². The molecule has 92 valence electrons. The first kappa shape index (κ1) is 13.0. The number of carbonyl (C=O) groups is 1. The van der Waals surface area contributed by atoms with Crippen molar-refractivity contribution in [3.8, 4) is 0 Å². The van der Waals surface area contributed by atoms with Crippen LogP contribution in [0.5, 0.6) is 0 Å². The van der Waals surface area contributed by atoms with Crippen LogP contribution >= 0.6 is 0 Å². The highest BCUT2D eigenvalue weighted by Crippen LogP contribution is 2.13. The Kier molecular flexibility index (Phi) is 4.09. The highest BCUT2D eigenvalue weighted by atomic mass is 16.2. The van der Waals surface area contributed by atoms with E-state index in [0.29, 0.717) is 5.56 Å². The molecule has 4 N–H and O–H groups in total. The van der Waals surface area contributed by atoms with Crippen LogP contribution in [0.4, 0.5) is 10.5 Å². The summed E-state index contributed by atoms with van der Waals surface area (Å²) in [5.41, 5.74) is 6.76. The molecule has 0 atom stereocenters. The van der Waals surface area contributed by atoms with Crippen LogP contribution in [-0.4, -0.2) is 25.0 Å². The smallest absolute Gasteiger partial charge is 0.321 e. The Balaban J connectivity index is 2.79. The van der Waals surface area contributed by atoms with Crippen molar-refractivity contribution in [2.24, 2.45) is 5.73 Å². The van der Waals surface area contributed by atoms with E-state index in [-0.39, 0.29) is 17.9 Å². The number of urea groups is 1. The van der Waals surface area contributed by atoms with E-state index in [1.165, 1.54) is 4.90 Å². The van der Waals surface area contributed by atoms with Gasteiger partial charge in [0.15, 0.2) is 0 Å². The van der Waals surface area contributed by atoms with E-state index >= 15 is 0 Å². The van der Waals surface area contributed by atoms with Gasteiger partial charge in [-0.05, 0) is 38.1 Å². The Morgan fingerprint density at radius 1 is 1.35 bits per heavy atom. The quantitative estimate of drug-likeness (QED) is 0.547. The van der Waals surface area contributed by atoms with E-state index in [1.807, 2.05) is 13.8 Å². The summed E-state index contributed by atoms with van der Waals surface area (Å²) in [6.07, 6.45) is 0. The fourth-order valence-corrected chi connectivity index (χ4v) is 1.33. The highest BCUT2D eigenvalue weighted by molar-refractivity contribution is 5.96. The number of hydrogen-bond donors (Lipinski definition) is 3. The van der Waals surface area contributed by atoms with Crippen molar-refractivity contribution < 1.29 is 4.79 Å². The number of hydrogen-bond acceptors (Lipinski definition) is 2. The minimum atomic E-state index is -0.157. The van der Waals surface area contributed by atoms with Crippen molar-refractivity contribution in [1.29, 1.82) is 5.41 Å². The number of anilines is 1. The van der Waals surface area contributed by atoms with Crippen molar-refractivity contribution in [1.82, 2.24) is 5.32 Å². The van der Waals surface area contributed by atoms with Gasteiger partial charge in [-0.25, -0.2) is 4.79 Å². The van der Waals surface area contributed by atoms with Gasteiger partial charge in [0.25, 0.3) is 0 Å². The molecule has 1 aromatic carbocycles. The molecule has 0 unspecified atom stereocenters. The predicted octanol–water partition coefficient (Wildman–Crippen LogP) is 1.52. The number of carbonyl (C=O) groups excluding carboxylic acids is 1. The number of amides is 2. The maximum Gasteiger partial charge on any atom is 0.321 e. The minimum Gasteiger partial charge on any atom is -0.384 e. The first-order valence-electron chi connectivity index (χ1n) is 5.40. The second kappa shape index (κ2) is 5.34. The number of nitrogens with two attached hydrogens (primary N) is 1. The highest BCUT2D eigenvalue weighted by Gasteiger charge is 2.11. The number of nitrogens with one attached hydrogen (secondary N) is 2. The SMILES string of the molecule is CC(C)NC(=O)N(C)c1ccc(C(=N)N)cc1. The Morgan fingerprint density at radius 3 is 2.29 bits per heavy atom. The van der Waals surface area contributed by atoms with Crippen LogP contribution in [0.1, 0.15) is 19.4 Å². The predicted molar refractivity (Wildman–Crippen MR) is 69.5 cm³/mol. The lowest BCUT2D eigenvalue weighted by Gasteiger charge is -2.19. The normalized spacial score (nSPS) is 10.1. The van der Waals surface area contributed by atoms with Crippen LogP contribution < -0.4 is 16.0 Å². The van der Waals surface area contributed by atoms with Gasteiger partial charge in [0, 0.05) is 24.3 Å². The molecule has 0 spiro atoms. The molecular formula is C12H18N4O. The molecule has 0 fully saturated rings. The molecule has 5 heteroatoms. The Labute approximate surface area is 101 Å². The molecule has 0 heterocycles. The van der Waals surface area contributed by atoms with E-state index < -0.39 is 0 Å². The topological polar surface area (TPSA) is 82.2 Å². The first-order chi connectivity index (χ1) is 7.91. The molecular weight excluding hydrogens is 216 g/mol. The van der Waals surface area contributed by atoms with Crippen molar-refractivity contribution in [3.05, 3.63) is 29.8 Å². The summed E-state index contributed by atoms with van der Waals surface area (Å²) in [4.78, 5) is 13.2. The van der Waals surface area contributed by atoms with Crippen LogP contribution in [0.3, 0.4) is 0 Å². The summed E-state index contributed by atoms with van der Waals surface area (Å²) >= 11 is 0. The molecule has 0 bridgehead atoms. The molecule has 0 aromatic heterocycles. The summed E-state index contributed by atoms with van der Waals surface area (Å²) in [6.45, 7) is 3.81. The van der Waals surface area contributed by atoms with Crippen molar-refractivity contribution >= 4 is 17.6 Å². The monoisotopic (exact) mass is 234 g/mol. The second-order valence-corrected chi connectivity index (χ2v) is 4.12. The molecule has 0 aliphatic heterocycles. The molecule has 1 rings (SSSR count). The van der Waals surface area contributed by atoms with Gasteiger partial charge in [0.2, 0.25) is 0 Å². The molecule has 0 aliphatic rings. The van der Waals surface area contributed by atoms with Crippen LogP contribution in [0.15, 0.2) is 24.3 Å². The molecule has 0 radical (unpaired) electrons. The van der Waals surface area contributed by atoms with E-state index in [0.717, 1.165) is 5.69 Å². The van der Waals surface area contributed by atoms with Gasteiger partial charge >= 0.3 is 6.03 Å². The van der Waals surface area contributed by atoms with Crippen molar-refractivity contribution in [2.45, 2.75) is 19.9 Å². The number of benzene rings is 1. The number of amidine groups is 1. The fraction of sp³-hybridized carbons (Fsp3) is 0.333. The molecule has 1 aromatic rings. The molecule has 0 saturated carbocycles. The maximum absolute atomic E-state index is 11.7. The molecule has 0 saturated heterocycles. The third kappa shape index (κ3) is 3.48. The number of nitrogens with zero attached hydrogens (tertiary/aromatic N) is 1. The van der Waals surface area contributed by atoms with Crippen LogP contribution in [0, 0.1) is 5.41 Å². The van der Waals surface area contributed by atoms with Gasteiger partial charge < -0.3 is 11.1 Å². The number of nitrogen functional groups attached to an aromatic ring is 1. The van der Waals surface area contributed by atoms with Crippen molar-refractivity contribution in [2.75, 3.05) is 11.9 Å². The largest absolute Gasteiger partial charge is 0.384 e. The average molecular weight is 234 g/mol. The lowest BCUT2D eigenvalue weighted by Crippen LogP contribution is -2.40. The average Bonchev–Trinajstić information content (AvgIpc) is 2.27. The van der Waals surface area contributed by atoms with Gasteiger partial charge in [-0.3, -0.25) is 10.3 Å². The van der Waals surface area contributed by atoms with Crippen LogP contribution in [0.2, 0.25) is 0 Å². The second-order valence-electron chi connectivity index (χ2n) is 4.12. The third-order valence-electron chi connectivity index (χ3n) is 2.28. The summed E-state index contributed by atoms with van der Waals surface area (Å²) < 4.78 is 0. The summed E-state index contributed by atoms with van der Waals surface area (Å²) in [7, 11) is 1.69. The Hall–Kier alpha value is -2.04. The molecule has 2 amide bonds. The minimum absolute atomic E-state index is 0.0193. The fourth-order valence-electron chi connectivity index (χ4n) is 1.33. The van der Waals surface area contributed by atoms with Gasteiger partial charge in [0.05, 0.1) is 0 Å². The molecule has 17 heavy (non-hydrogen) atoms. The molecule has 5 nitrogen and oxygen atoms in total. The summed E-state index contributed by atoms with van der Waals surface area (Å²) in [6, 6.07) is 6.90. The van der Waals surface area contributed by atoms with Gasteiger partial charge in [0.1, 0.15) is 5.84 Å². The van der Waals surface area contributed by atoms with E-state index in [4.69, 9.17) is 11.1 Å². The standard InChI is InChI=1S/C12H18N4O/c1-8(2)15-12(17)16(3)10-6-4-9(5-7-10)11(13)14/h4-8H,1-3H3,(H3,13,14)(H,15,17). The van der Waals surface area contributed by atoms with Crippen LogP contribution in [-0.2, 0) is 0 Å². The summed E-state index contributed by atoms with van der Waals surface area (Å²) in [5, 5.41) is 10.1. The zero-order valence-electron chi connectivity index (χ0n) is 10.3. The van der Waals surface area contributed by atoms with Gasteiger partial charge in [-0.2, -0.15) is 0 Å². The van der Waals surface area contributed by atoms with E-state index in [9.17, 15) is 4.79 Å². The zero-order valence-corrected chi connectivity index (χ0v) is 10.3. The van der Waals surface area contributed by atoms with E-state index in [1.54, 1.807) is 31.3 Å². The lowest BCUT2D eigenvalue weighted by molar-refractivity contribution is 0.245. The first-order valence-corrected chi connectivity index (χ1v) is 5.40. The number of rotatable bonds is 3. The van der Waals surface area contributed by atoms with Crippen LogP contribution in [0.25, 0.3) is 0 Å². The van der Waals surface area contributed by atoms with E-state index in [2.05, 4.69) is 5.32 Å². The Morgan fingerprint density at radius 2 is 1.88 bits per heavy atom. The molecule has 0 aliphatic carbocycles. The Bertz CT molecular complexity index is 411. The zero-order chi connectivity index (χ0) is 13.0. The summed E-state index contributed by atoms with van der Waals surface area (Å²) in [5.74, 6) is 0.0193.